The zero-order valence-corrected chi connectivity index (χ0v) is 7.81. The number of rotatable bonds is 3. The average Bonchev–Trinajstić information content (AvgIpc) is 2.06. The largest absolute Gasteiger partial charge is 0.379 e. The minimum atomic E-state index is 0.606. The third-order valence-electron chi connectivity index (χ3n) is 1.94. The quantitative estimate of drug-likeness (QED) is 0.601. The molecule has 0 aromatic heterocycles. The summed E-state index contributed by atoms with van der Waals surface area (Å²) >= 11 is 5.71. The van der Waals surface area contributed by atoms with Crippen molar-refractivity contribution in [2.24, 2.45) is 5.92 Å². The van der Waals surface area contributed by atoms with Gasteiger partial charge in [0.25, 0.3) is 0 Å². The zero-order valence-electron chi connectivity index (χ0n) is 7.05. The van der Waals surface area contributed by atoms with Crippen LogP contribution in [-0.4, -0.2) is 43.6 Å². The monoisotopic (exact) mass is 177 g/mol. The highest BCUT2D eigenvalue weighted by Crippen LogP contribution is 2.04. The molecule has 1 aliphatic rings. The molecule has 0 aliphatic carbocycles. The maximum absolute atomic E-state index is 5.71. The van der Waals surface area contributed by atoms with Crippen LogP contribution in [0.1, 0.15) is 6.92 Å². The molecule has 2 nitrogen and oxygen atoms in total. The molecule has 0 amide bonds. The summed E-state index contributed by atoms with van der Waals surface area (Å²) in [5.41, 5.74) is 0. The molecular formula is C8H16ClNO. The molecule has 0 radical (unpaired) electrons. The van der Waals surface area contributed by atoms with E-state index in [4.69, 9.17) is 16.3 Å². The lowest BCUT2D eigenvalue weighted by molar-refractivity contribution is 0.0330. The van der Waals surface area contributed by atoms with Crippen LogP contribution in [-0.2, 0) is 4.74 Å². The molecule has 1 aliphatic heterocycles. The standard InChI is InChI=1S/C8H16ClNO/c1-8(6-9)7-10-2-4-11-5-3-10/h8H,2-7H2,1H3. The number of hydrogen-bond acceptors (Lipinski definition) is 2. The number of nitrogens with zero attached hydrogens (tertiary/aromatic N) is 1. The van der Waals surface area contributed by atoms with Crippen LogP contribution < -0.4 is 0 Å². The fourth-order valence-electron chi connectivity index (χ4n) is 1.27. The highest BCUT2D eigenvalue weighted by molar-refractivity contribution is 6.18. The fourth-order valence-corrected chi connectivity index (χ4v) is 1.37. The Kier molecular flexibility index (Phi) is 4.20. The van der Waals surface area contributed by atoms with E-state index in [1.54, 1.807) is 0 Å². The van der Waals surface area contributed by atoms with Crippen molar-refractivity contribution in [3.05, 3.63) is 0 Å². The Hall–Kier alpha value is 0.210. The third-order valence-corrected chi connectivity index (χ3v) is 2.46. The molecule has 1 fully saturated rings. The molecule has 1 atom stereocenters. The molecule has 66 valence electrons. The second-order valence-corrected chi connectivity index (χ2v) is 3.48. The Balaban J connectivity index is 2.13. The predicted octanol–water partition coefficient (Wildman–Crippen LogP) is 1.19. The first kappa shape index (κ1) is 9.30. The van der Waals surface area contributed by atoms with Crippen LogP contribution in [0.4, 0.5) is 0 Å². The van der Waals surface area contributed by atoms with E-state index in [0.717, 1.165) is 38.7 Å². The Morgan fingerprint density at radius 3 is 2.64 bits per heavy atom. The molecule has 1 saturated heterocycles. The SMILES string of the molecule is CC(CCl)CN1CCOCC1. The minimum Gasteiger partial charge on any atom is -0.379 e. The molecule has 1 rings (SSSR count). The normalized spacial score (nSPS) is 23.5. The van der Waals surface area contributed by atoms with Crippen molar-refractivity contribution >= 4 is 11.6 Å². The molecule has 11 heavy (non-hydrogen) atoms. The van der Waals surface area contributed by atoms with Gasteiger partial charge in [-0.3, -0.25) is 4.90 Å². The lowest BCUT2D eigenvalue weighted by atomic mass is 10.2. The van der Waals surface area contributed by atoms with Crippen LogP contribution in [0.3, 0.4) is 0 Å². The van der Waals surface area contributed by atoms with E-state index in [1.807, 2.05) is 0 Å². The van der Waals surface area contributed by atoms with E-state index < -0.39 is 0 Å². The van der Waals surface area contributed by atoms with Crippen LogP contribution >= 0.6 is 11.6 Å². The Morgan fingerprint density at radius 1 is 1.45 bits per heavy atom. The highest BCUT2D eigenvalue weighted by atomic mass is 35.5. The van der Waals surface area contributed by atoms with E-state index in [9.17, 15) is 0 Å². The van der Waals surface area contributed by atoms with E-state index in [2.05, 4.69) is 11.8 Å². The third kappa shape index (κ3) is 3.41. The number of morpholine rings is 1. The van der Waals surface area contributed by atoms with Gasteiger partial charge in [0.1, 0.15) is 0 Å². The van der Waals surface area contributed by atoms with Gasteiger partial charge in [-0.1, -0.05) is 6.92 Å². The molecule has 1 unspecified atom stereocenters. The van der Waals surface area contributed by atoms with Crippen LogP contribution in [0.5, 0.6) is 0 Å². The molecule has 0 spiro atoms. The second-order valence-electron chi connectivity index (χ2n) is 3.17. The van der Waals surface area contributed by atoms with Crippen LogP contribution in [0.15, 0.2) is 0 Å². The van der Waals surface area contributed by atoms with E-state index >= 15 is 0 Å². The van der Waals surface area contributed by atoms with Gasteiger partial charge in [0, 0.05) is 25.5 Å². The lowest BCUT2D eigenvalue weighted by Gasteiger charge is -2.28. The van der Waals surface area contributed by atoms with Crippen molar-refractivity contribution in [1.82, 2.24) is 4.90 Å². The molecule has 0 N–H and O–H groups in total. The van der Waals surface area contributed by atoms with Gasteiger partial charge < -0.3 is 4.74 Å². The Morgan fingerprint density at radius 2 is 2.09 bits per heavy atom. The summed E-state index contributed by atoms with van der Waals surface area (Å²) in [4.78, 5) is 2.41. The number of halogens is 1. The summed E-state index contributed by atoms with van der Waals surface area (Å²) in [7, 11) is 0. The van der Waals surface area contributed by atoms with Crippen LogP contribution in [0.2, 0.25) is 0 Å². The maximum atomic E-state index is 5.71. The van der Waals surface area contributed by atoms with Crippen molar-refractivity contribution in [2.45, 2.75) is 6.92 Å². The summed E-state index contributed by atoms with van der Waals surface area (Å²) < 4.78 is 5.24. The molecule has 0 aromatic carbocycles. The van der Waals surface area contributed by atoms with Gasteiger partial charge in [0.2, 0.25) is 0 Å². The summed E-state index contributed by atoms with van der Waals surface area (Å²) in [5.74, 6) is 1.37. The van der Waals surface area contributed by atoms with Crippen molar-refractivity contribution in [3.63, 3.8) is 0 Å². The van der Waals surface area contributed by atoms with E-state index in [-0.39, 0.29) is 0 Å². The first-order valence-electron chi connectivity index (χ1n) is 4.19. The number of alkyl halides is 1. The molecule has 0 bridgehead atoms. The highest BCUT2D eigenvalue weighted by Gasteiger charge is 2.12. The van der Waals surface area contributed by atoms with Crippen LogP contribution in [0.25, 0.3) is 0 Å². The number of hydrogen-bond donors (Lipinski definition) is 0. The van der Waals surface area contributed by atoms with Gasteiger partial charge in [-0.2, -0.15) is 0 Å². The zero-order chi connectivity index (χ0) is 8.10. The summed E-state index contributed by atoms with van der Waals surface area (Å²) in [6.07, 6.45) is 0. The summed E-state index contributed by atoms with van der Waals surface area (Å²) in [6, 6.07) is 0. The molecule has 1 heterocycles. The molecule has 0 aromatic rings. The summed E-state index contributed by atoms with van der Waals surface area (Å²) in [6.45, 7) is 7.21. The molecule has 0 saturated carbocycles. The topological polar surface area (TPSA) is 12.5 Å². The van der Waals surface area contributed by atoms with Crippen molar-refractivity contribution in [1.29, 1.82) is 0 Å². The fraction of sp³-hybridized carbons (Fsp3) is 1.00. The molecular weight excluding hydrogens is 162 g/mol. The predicted molar refractivity (Wildman–Crippen MR) is 47.1 cm³/mol. The van der Waals surface area contributed by atoms with Gasteiger partial charge in [-0.15, -0.1) is 11.6 Å². The molecule has 3 heteroatoms. The first-order valence-corrected chi connectivity index (χ1v) is 4.72. The number of ether oxygens (including phenoxy) is 1. The van der Waals surface area contributed by atoms with E-state index in [0.29, 0.717) is 5.92 Å². The Labute approximate surface area is 73.5 Å². The first-order chi connectivity index (χ1) is 5.33. The van der Waals surface area contributed by atoms with Gasteiger partial charge in [-0.25, -0.2) is 0 Å². The average molecular weight is 178 g/mol. The van der Waals surface area contributed by atoms with Crippen LogP contribution in [0, 0.1) is 5.92 Å². The van der Waals surface area contributed by atoms with Gasteiger partial charge in [-0.05, 0) is 5.92 Å². The maximum Gasteiger partial charge on any atom is 0.0594 e. The lowest BCUT2D eigenvalue weighted by Crippen LogP contribution is -2.39. The minimum absolute atomic E-state index is 0.606. The van der Waals surface area contributed by atoms with Gasteiger partial charge >= 0.3 is 0 Å². The van der Waals surface area contributed by atoms with Crippen molar-refractivity contribution in [3.8, 4) is 0 Å². The van der Waals surface area contributed by atoms with E-state index in [1.165, 1.54) is 0 Å². The van der Waals surface area contributed by atoms with Gasteiger partial charge in [0.15, 0.2) is 0 Å². The second kappa shape index (κ2) is 4.96. The van der Waals surface area contributed by atoms with Crippen molar-refractivity contribution < 1.29 is 4.74 Å². The van der Waals surface area contributed by atoms with Crippen molar-refractivity contribution in [2.75, 3.05) is 38.7 Å². The smallest absolute Gasteiger partial charge is 0.0594 e. The van der Waals surface area contributed by atoms with Gasteiger partial charge in [0.05, 0.1) is 13.2 Å². The summed E-state index contributed by atoms with van der Waals surface area (Å²) in [5, 5.41) is 0. The Bertz CT molecular complexity index is 104.